The van der Waals surface area contributed by atoms with Gasteiger partial charge in [0.15, 0.2) is 10.8 Å². The first kappa shape index (κ1) is 21.4. The summed E-state index contributed by atoms with van der Waals surface area (Å²) in [5.41, 5.74) is 0.256. The largest absolute Gasteiger partial charge is 0.479 e. The van der Waals surface area contributed by atoms with E-state index in [2.05, 4.69) is 5.32 Å². The van der Waals surface area contributed by atoms with Gasteiger partial charge in [0.1, 0.15) is 6.61 Å². The van der Waals surface area contributed by atoms with Crippen LogP contribution < -0.4 is 5.32 Å². The monoisotopic (exact) mass is 436 g/mol. The van der Waals surface area contributed by atoms with Crippen molar-refractivity contribution in [1.29, 1.82) is 0 Å². The fraction of sp³-hybridized carbons (Fsp3) is 0.200. The molecule has 156 valence electrons. The van der Waals surface area contributed by atoms with E-state index in [4.69, 9.17) is 17.0 Å². The van der Waals surface area contributed by atoms with Crippen LogP contribution >= 0.6 is 12.2 Å². The van der Waals surface area contributed by atoms with Gasteiger partial charge in [-0.25, -0.2) is 0 Å². The lowest BCUT2D eigenvalue weighted by atomic mass is 9.96. The number of alkyl halides is 3. The van der Waals surface area contributed by atoms with Gasteiger partial charge in [0.25, 0.3) is 5.69 Å². The van der Waals surface area contributed by atoms with Crippen molar-refractivity contribution in [3.63, 3.8) is 0 Å². The summed E-state index contributed by atoms with van der Waals surface area (Å²) in [4.78, 5) is 22.9. The highest BCUT2D eigenvalue weighted by molar-refractivity contribution is 7.80. The minimum Gasteiger partial charge on any atom is -0.479 e. The zero-order chi connectivity index (χ0) is 21.9. The Balaban J connectivity index is 1.86. The average Bonchev–Trinajstić information content (AvgIpc) is 3.13. The summed E-state index contributed by atoms with van der Waals surface area (Å²) in [5.74, 6) is -0.322. The molecule has 0 saturated carbocycles. The first-order chi connectivity index (χ1) is 14.1. The minimum atomic E-state index is -4.48. The lowest BCUT2D eigenvalue weighted by Gasteiger charge is -2.21. The van der Waals surface area contributed by atoms with Gasteiger partial charge in [0.05, 0.1) is 22.1 Å². The number of nitro benzene ring substituents is 1. The molecule has 6 nitrogen and oxygen atoms in total. The molecular weight excluding hydrogens is 421 g/mol. The molecule has 0 radical (unpaired) electrons. The van der Waals surface area contributed by atoms with E-state index in [0.29, 0.717) is 11.3 Å². The molecule has 0 bridgehead atoms. The van der Waals surface area contributed by atoms with Crippen molar-refractivity contribution in [2.75, 3.05) is 11.9 Å². The zero-order valence-corrected chi connectivity index (χ0v) is 16.1. The summed E-state index contributed by atoms with van der Waals surface area (Å²) in [5, 5.41) is 13.9. The fourth-order valence-electron chi connectivity index (χ4n) is 2.92. The van der Waals surface area contributed by atoms with Crippen molar-refractivity contribution < 1.29 is 27.6 Å². The number of hydrogen-bond donors (Lipinski definition) is 1. The van der Waals surface area contributed by atoms with Crippen LogP contribution in [0.3, 0.4) is 0 Å². The molecule has 1 atom stereocenters. The Morgan fingerprint density at radius 3 is 2.30 bits per heavy atom. The Morgan fingerprint density at radius 1 is 1.17 bits per heavy atom. The van der Waals surface area contributed by atoms with Crippen molar-refractivity contribution in [2.24, 2.45) is 0 Å². The van der Waals surface area contributed by atoms with E-state index in [1.54, 1.807) is 6.08 Å². The predicted octanol–water partition coefficient (Wildman–Crippen LogP) is 5.01. The summed E-state index contributed by atoms with van der Waals surface area (Å²) in [6.07, 6.45) is -3.02. The third-order valence-corrected chi connectivity index (χ3v) is 4.81. The van der Waals surface area contributed by atoms with Crippen LogP contribution in [0.15, 0.2) is 60.2 Å². The minimum absolute atomic E-state index is 0.0847. The maximum Gasteiger partial charge on any atom is 0.416 e. The van der Waals surface area contributed by atoms with Gasteiger partial charge < -0.3 is 10.1 Å². The maximum absolute atomic E-state index is 12.9. The molecule has 1 aliphatic rings. The molecule has 1 N–H and O–H groups in total. The summed E-state index contributed by atoms with van der Waals surface area (Å²) >= 11 is 4.99. The van der Waals surface area contributed by atoms with E-state index >= 15 is 0 Å². The molecule has 0 fully saturated rings. The maximum atomic E-state index is 12.9. The molecule has 2 aromatic carbocycles. The second kappa shape index (κ2) is 8.62. The molecule has 1 unspecified atom stereocenters. The van der Waals surface area contributed by atoms with E-state index in [1.807, 2.05) is 0 Å². The molecule has 3 rings (SSSR count). The number of hydrogen-bond acceptors (Lipinski definition) is 6. The number of carbonyl (C=O) groups is 1. The van der Waals surface area contributed by atoms with E-state index < -0.39 is 22.7 Å². The number of non-ortho nitro benzene ring substituents is 1. The van der Waals surface area contributed by atoms with Crippen LogP contribution in [-0.2, 0) is 15.7 Å². The molecule has 0 aliphatic carbocycles. The summed E-state index contributed by atoms with van der Waals surface area (Å²) in [7, 11) is 0. The average molecular weight is 436 g/mol. The van der Waals surface area contributed by atoms with Crippen LogP contribution in [0.25, 0.3) is 0 Å². The zero-order valence-electron chi connectivity index (χ0n) is 15.3. The molecule has 1 aliphatic heterocycles. The number of Topliss-reactive ketones (excluding diaryl/α,β-unsaturated/α-hetero) is 1. The van der Waals surface area contributed by atoms with Crippen molar-refractivity contribution in [2.45, 2.75) is 18.6 Å². The van der Waals surface area contributed by atoms with Gasteiger partial charge in [0.2, 0.25) is 0 Å². The van der Waals surface area contributed by atoms with Crippen molar-refractivity contribution in [3.8, 4) is 0 Å². The number of ether oxygens (including phenoxy) is 1. The molecule has 0 spiro atoms. The Bertz CT molecular complexity index is 1000. The number of halogens is 3. The van der Waals surface area contributed by atoms with Gasteiger partial charge in [-0.15, -0.1) is 0 Å². The van der Waals surface area contributed by atoms with E-state index in [-0.39, 0.29) is 35.1 Å². The third kappa shape index (κ3) is 5.01. The number of carbonyl (C=O) groups excluding carboxylic acids is 1. The molecule has 30 heavy (non-hydrogen) atoms. The second-order valence-electron chi connectivity index (χ2n) is 6.46. The number of nitro groups is 1. The Hall–Kier alpha value is -3.27. The van der Waals surface area contributed by atoms with Gasteiger partial charge in [-0.1, -0.05) is 12.1 Å². The number of anilines is 1. The predicted molar refractivity (Wildman–Crippen MR) is 107 cm³/mol. The van der Waals surface area contributed by atoms with Gasteiger partial charge in [-0.05, 0) is 48.1 Å². The number of nitrogens with one attached hydrogen (secondary N) is 1. The van der Waals surface area contributed by atoms with Crippen molar-refractivity contribution >= 4 is 34.4 Å². The topological polar surface area (TPSA) is 81.5 Å². The summed E-state index contributed by atoms with van der Waals surface area (Å²) < 4.78 is 43.7. The van der Waals surface area contributed by atoms with Crippen LogP contribution in [-0.4, -0.2) is 22.4 Å². The summed E-state index contributed by atoms with van der Waals surface area (Å²) in [6.45, 7) is 0.195. The molecule has 0 saturated heterocycles. The fourth-order valence-corrected chi connectivity index (χ4v) is 3.19. The smallest absolute Gasteiger partial charge is 0.416 e. The van der Waals surface area contributed by atoms with Crippen LogP contribution in [0, 0.1) is 10.1 Å². The van der Waals surface area contributed by atoms with Gasteiger partial charge in [-0.2, -0.15) is 13.2 Å². The lowest BCUT2D eigenvalue weighted by Crippen LogP contribution is -2.19. The number of rotatable bonds is 7. The highest BCUT2D eigenvalue weighted by atomic mass is 32.1. The van der Waals surface area contributed by atoms with Crippen LogP contribution in [0.2, 0.25) is 0 Å². The highest BCUT2D eigenvalue weighted by Gasteiger charge is 2.31. The second-order valence-corrected chi connectivity index (χ2v) is 6.84. The number of benzene rings is 2. The Labute approximate surface area is 174 Å². The lowest BCUT2D eigenvalue weighted by molar-refractivity contribution is -0.384. The molecule has 10 heteroatoms. The summed E-state index contributed by atoms with van der Waals surface area (Å²) in [6, 6.07) is 9.26. The first-order valence-electron chi connectivity index (χ1n) is 8.74. The van der Waals surface area contributed by atoms with Gasteiger partial charge in [0, 0.05) is 24.2 Å². The quantitative estimate of drug-likeness (QED) is 0.373. The molecule has 0 amide bonds. The van der Waals surface area contributed by atoms with Crippen LogP contribution in [0.1, 0.15) is 23.6 Å². The third-order valence-electron chi connectivity index (χ3n) is 4.47. The van der Waals surface area contributed by atoms with Crippen molar-refractivity contribution in [3.05, 3.63) is 81.4 Å². The van der Waals surface area contributed by atoms with Gasteiger partial charge >= 0.3 is 6.18 Å². The molecule has 1 heterocycles. The Kier molecular flexibility index (Phi) is 6.16. The molecule has 2 aromatic rings. The SMILES string of the molecule is O=C(CC(Nc1ccc([N+](=O)[O-])cc1)c1ccc(C(F)(F)F)cc1)C1=CCOC1=S. The number of nitrogens with zero attached hydrogens (tertiary/aromatic N) is 1. The van der Waals surface area contributed by atoms with E-state index in [1.165, 1.54) is 36.4 Å². The molecule has 0 aromatic heterocycles. The standard InChI is InChI=1S/C20H15F3N2O4S/c21-20(22,23)13-3-1-12(2-4-13)17(11-18(26)16-9-10-29-19(16)30)24-14-5-7-15(8-6-14)25(27)28/h1-9,17,24H,10-11H2. The van der Waals surface area contributed by atoms with E-state index in [0.717, 1.165) is 12.1 Å². The Morgan fingerprint density at radius 2 is 1.80 bits per heavy atom. The van der Waals surface area contributed by atoms with Crippen molar-refractivity contribution in [1.82, 2.24) is 0 Å². The molecular formula is C20H15F3N2O4S. The van der Waals surface area contributed by atoms with Crippen LogP contribution in [0.5, 0.6) is 0 Å². The first-order valence-corrected chi connectivity index (χ1v) is 9.14. The normalized spacial score (nSPS) is 14.6. The van der Waals surface area contributed by atoms with Crippen LogP contribution in [0.4, 0.5) is 24.5 Å². The highest BCUT2D eigenvalue weighted by Crippen LogP contribution is 2.32. The van der Waals surface area contributed by atoms with Gasteiger partial charge in [-0.3, -0.25) is 14.9 Å². The van der Waals surface area contributed by atoms with E-state index in [9.17, 15) is 28.1 Å². The number of ketones is 1. The number of thiocarbonyl (C=S) groups is 1.